The summed E-state index contributed by atoms with van der Waals surface area (Å²) < 4.78 is 16.7. The molecule has 1 aromatic carbocycles. The van der Waals surface area contributed by atoms with E-state index in [0.29, 0.717) is 26.4 Å². The zero-order valence-electron chi connectivity index (χ0n) is 25.4. The minimum atomic E-state index is 0.621. The van der Waals surface area contributed by atoms with E-state index < -0.39 is 0 Å². The molecule has 0 saturated carbocycles. The molecule has 0 aliphatic carbocycles. The number of aryl methyl sites for hydroxylation is 2. The SMILES string of the molecule is CCCCCCCC[n+]1cccc(COCc2ccc(COCc3ccc[n+](CCCCCCCC)c3)cc2)c1. The highest BCUT2D eigenvalue weighted by Crippen LogP contribution is 2.11. The number of ether oxygens (including phenoxy) is 2. The summed E-state index contributed by atoms with van der Waals surface area (Å²) in [5, 5.41) is 0. The summed E-state index contributed by atoms with van der Waals surface area (Å²) in [5.41, 5.74) is 4.84. The fourth-order valence-electron chi connectivity index (χ4n) is 5.06. The number of hydrogen-bond donors (Lipinski definition) is 0. The van der Waals surface area contributed by atoms with Gasteiger partial charge in [-0.2, -0.15) is 0 Å². The highest BCUT2D eigenvalue weighted by molar-refractivity contribution is 5.21. The molecule has 0 N–H and O–H groups in total. The first kappa shape index (κ1) is 32.0. The number of unbranched alkanes of at least 4 members (excludes halogenated alkanes) is 10. The van der Waals surface area contributed by atoms with Crippen LogP contribution in [-0.2, 0) is 49.0 Å². The van der Waals surface area contributed by atoms with Crippen molar-refractivity contribution in [1.82, 2.24) is 0 Å². The van der Waals surface area contributed by atoms with E-state index in [1.54, 1.807) is 0 Å². The highest BCUT2D eigenvalue weighted by atomic mass is 16.5. The number of rotatable bonds is 22. The Labute approximate surface area is 244 Å². The predicted octanol–water partition coefficient (Wildman–Crippen LogP) is 8.42. The summed E-state index contributed by atoms with van der Waals surface area (Å²) in [5.74, 6) is 0. The zero-order chi connectivity index (χ0) is 28.1. The van der Waals surface area contributed by atoms with Crippen LogP contribution < -0.4 is 9.13 Å². The summed E-state index contributed by atoms with van der Waals surface area (Å²) in [6.45, 7) is 9.24. The van der Waals surface area contributed by atoms with Crippen LogP contribution in [0.15, 0.2) is 73.3 Å². The second-order valence-electron chi connectivity index (χ2n) is 11.2. The fourth-order valence-corrected chi connectivity index (χ4v) is 5.06. The van der Waals surface area contributed by atoms with Gasteiger partial charge in [0.1, 0.15) is 13.1 Å². The van der Waals surface area contributed by atoms with E-state index in [1.807, 2.05) is 0 Å². The van der Waals surface area contributed by atoms with Crippen molar-refractivity contribution in [2.75, 3.05) is 0 Å². The smallest absolute Gasteiger partial charge is 0.174 e. The van der Waals surface area contributed by atoms with Crippen LogP contribution in [0.5, 0.6) is 0 Å². The third-order valence-corrected chi connectivity index (χ3v) is 7.48. The maximum absolute atomic E-state index is 6.03. The fraction of sp³-hybridized carbons (Fsp3) is 0.556. The number of hydrogen-bond acceptors (Lipinski definition) is 2. The average molecular weight is 547 g/mol. The average Bonchev–Trinajstić information content (AvgIpc) is 2.98. The molecule has 2 heterocycles. The van der Waals surface area contributed by atoms with Gasteiger partial charge in [-0.15, -0.1) is 0 Å². The monoisotopic (exact) mass is 546 g/mol. The number of pyridine rings is 2. The van der Waals surface area contributed by atoms with Gasteiger partial charge in [-0.05, 0) is 36.1 Å². The molecule has 0 saturated heterocycles. The molecule has 0 unspecified atom stereocenters. The van der Waals surface area contributed by atoms with Gasteiger partial charge in [0.05, 0.1) is 26.4 Å². The van der Waals surface area contributed by atoms with Gasteiger partial charge in [0.2, 0.25) is 0 Å². The van der Waals surface area contributed by atoms with Crippen molar-refractivity contribution in [3.8, 4) is 0 Å². The Morgan fingerprint density at radius 1 is 0.450 bits per heavy atom. The van der Waals surface area contributed by atoms with Gasteiger partial charge < -0.3 is 9.47 Å². The molecule has 0 bridgehead atoms. The summed E-state index contributed by atoms with van der Waals surface area (Å²) in [6.07, 6.45) is 24.7. The van der Waals surface area contributed by atoms with Gasteiger partial charge in [0.25, 0.3) is 0 Å². The summed E-state index contributed by atoms with van der Waals surface area (Å²) in [7, 11) is 0. The molecular weight excluding hydrogens is 492 g/mol. The highest BCUT2D eigenvalue weighted by Gasteiger charge is 2.06. The summed E-state index contributed by atoms with van der Waals surface area (Å²) >= 11 is 0. The maximum Gasteiger partial charge on any atom is 0.174 e. The maximum atomic E-state index is 6.03. The van der Waals surface area contributed by atoms with Crippen LogP contribution in [0, 0.1) is 0 Å². The van der Waals surface area contributed by atoms with Gasteiger partial charge in [-0.3, -0.25) is 0 Å². The van der Waals surface area contributed by atoms with Crippen LogP contribution in [0.25, 0.3) is 0 Å². The largest absolute Gasteiger partial charge is 0.372 e. The number of nitrogens with zero attached hydrogens (tertiary/aromatic N) is 2. The molecule has 2 aromatic heterocycles. The third-order valence-electron chi connectivity index (χ3n) is 7.48. The molecule has 218 valence electrons. The van der Waals surface area contributed by atoms with Crippen molar-refractivity contribution < 1.29 is 18.6 Å². The van der Waals surface area contributed by atoms with Gasteiger partial charge in [-0.25, -0.2) is 9.13 Å². The lowest BCUT2D eigenvalue weighted by molar-refractivity contribution is -0.698. The lowest BCUT2D eigenvalue weighted by Crippen LogP contribution is -2.33. The molecule has 4 heteroatoms. The van der Waals surface area contributed by atoms with Crippen LogP contribution in [0.3, 0.4) is 0 Å². The summed E-state index contributed by atoms with van der Waals surface area (Å²) in [4.78, 5) is 0. The quantitative estimate of drug-likeness (QED) is 0.0934. The first-order valence-electron chi connectivity index (χ1n) is 16.0. The minimum Gasteiger partial charge on any atom is -0.372 e. The molecule has 3 aromatic rings. The Morgan fingerprint density at radius 3 is 1.25 bits per heavy atom. The second kappa shape index (κ2) is 20.3. The Kier molecular flexibility index (Phi) is 16.2. The van der Waals surface area contributed by atoms with Crippen molar-refractivity contribution in [2.45, 2.75) is 130 Å². The van der Waals surface area contributed by atoms with Crippen LogP contribution >= 0.6 is 0 Å². The van der Waals surface area contributed by atoms with E-state index in [-0.39, 0.29) is 0 Å². The topological polar surface area (TPSA) is 26.2 Å². The first-order valence-corrected chi connectivity index (χ1v) is 16.0. The van der Waals surface area contributed by atoms with Crippen molar-refractivity contribution in [1.29, 1.82) is 0 Å². The number of benzene rings is 1. The molecule has 0 spiro atoms. The predicted molar refractivity (Wildman–Crippen MR) is 163 cm³/mol. The lowest BCUT2D eigenvalue weighted by atomic mass is 10.1. The molecule has 40 heavy (non-hydrogen) atoms. The van der Waals surface area contributed by atoms with Crippen molar-refractivity contribution in [3.05, 3.63) is 95.6 Å². The molecular formula is C36H54N2O2+2. The molecule has 3 rings (SSSR count). The zero-order valence-corrected chi connectivity index (χ0v) is 25.4. The van der Waals surface area contributed by atoms with E-state index >= 15 is 0 Å². The van der Waals surface area contributed by atoms with E-state index in [0.717, 1.165) is 13.1 Å². The molecule has 0 fully saturated rings. The van der Waals surface area contributed by atoms with E-state index in [2.05, 4.69) is 96.3 Å². The summed E-state index contributed by atoms with van der Waals surface area (Å²) in [6, 6.07) is 17.2. The number of aromatic nitrogens is 2. The Bertz CT molecular complexity index is 966. The van der Waals surface area contributed by atoms with Crippen LogP contribution in [0.1, 0.15) is 113 Å². The third kappa shape index (κ3) is 13.7. The molecule has 0 aliphatic rings. The van der Waals surface area contributed by atoms with Crippen LogP contribution in [0.4, 0.5) is 0 Å². The molecule has 0 radical (unpaired) electrons. The van der Waals surface area contributed by atoms with Gasteiger partial charge >= 0.3 is 0 Å². The normalized spacial score (nSPS) is 11.2. The molecule has 4 nitrogen and oxygen atoms in total. The molecule has 0 aliphatic heterocycles. The standard InChI is InChI=1S/C36H54N2O2/c1-3-5-7-9-11-13-23-37-25-15-17-35(27-37)31-39-29-33-19-21-34(22-20-33)30-40-32-36-18-16-26-38(28-36)24-14-12-10-8-6-4-2/h15-22,25-28H,3-14,23-24,29-32H2,1-2H3/q+2. The van der Waals surface area contributed by atoms with Crippen LogP contribution in [0.2, 0.25) is 0 Å². The van der Waals surface area contributed by atoms with E-state index in [1.165, 1.54) is 99.3 Å². The van der Waals surface area contributed by atoms with Crippen molar-refractivity contribution >= 4 is 0 Å². The van der Waals surface area contributed by atoms with E-state index in [9.17, 15) is 0 Å². The van der Waals surface area contributed by atoms with Gasteiger partial charge in [0, 0.05) is 36.1 Å². The second-order valence-corrected chi connectivity index (χ2v) is 11.2. The van der Waals surface area contributed by atoms with Crippen molar-refractivity contribution in [2.24, 2.45) is 0 Å². The lowest BCUT2D eigenvalue weighted by Gasteiger charge is -2.07. The Hall–Kier alpha value is -2.56. The first-order chi connectivity index (χ1) is 19.8. The Balaban J connectivity index is 1.30. The van der Waals surface area contributed by atoms with Crippen molar-refractivity contribution in [3.63, 3.8) is 0 Å². The minimum absolute atomic E-state index is 0.621. The Morgan fingerprint density at radius 2 is 0.825 bits per heavy atom. The van der Waals surface area contributed by atoms with Crippen LogP contribution in [-0.4, -0.2) is 0 Å². The van der Waals surface area contributed by atoms with Gasteiger partial charge in [0.15, 0.2) is 24.8 Å². The molecule has 0 amide bonds. The van der Waals surface area contributed by atoms with Gasteiger partial charge in [-0.1, -0.05) is 89.5 Å². The van der Waals surface area contributed by atoms with E-state index in [4.69, 9.17) is 9.47 Å². The molecule has 0 atom stereocenters.